The van der Waals surface area contributed by atoms with E-state index in [2.05, 4.69) is 4.90 Å². The number of hydrogen-bond acceptors (Lipinski definition) is 9. The molecule has 0 bridgehead atoms. The van der Waals surface area contributed by atoms with Gasteiger partial charge in [-0.1, -0.05) is 20.3 Å². The Labute approximate surface area is 225 Å². The predicted molar refractivity (Wildman–Crippen MR) is 140 cm³/mol. The first-order valence-corrected chi connectivity index (χ1v) is 13.5. The summed E-state index contributed by atoms with van der Waals surface area (Å²) in [5.41, 5.74) is 2.36. The van der Waals surface area contributed by atoms with Gasteiger partial charge in [0.15, 0.2) is 17.2 Å². The molecule has 0 aromatic heterocycles. The van der Waals surface area contributed by atoms with Crippen LogP contribution in [-0.4, -0.2) is 73.8 Å². The van der Waals surface area contributed by atoms with Crippen molar-refractivity contribution in [2.24, 2.45) is 29.4 Å². The van der Waals surface area contributed by atoms with Crippen molar-refractivity contribution in [3.63, 3.8) is 0 Å². The summed E-state index contributed by atoms with van der Waals surface area (Å²) < 4.78 is 0. The van der Waals surface area contributed by atoms with Crippen molar-refractivity contribution in [1.29, 1.82) is 0 Å². The molecule has 1 aliphatic heterocycles. The molecular weight excluding hydrogens is 504 g/mol. The van der Waals surface area contributed by atoms with Gasteiger partial charge in [-0.15, -0.1) is 0 Å². The van der Waals surface area contributed by atoms with Crippen LogP contribution in [-0.2, 0) is 20.8 Å². The molecule has 2 fully saturated rings. The van der Waals surface area contributed by atoms with Crippen molar-refractivity contribution in [2.75, 3.05) is 19.6 Å². The third kappa shape index (κ3) is 4.00. The number of amides is 1. The average molecular weight is 539 g/mol. The Kier molecular flexibility index (Phi) is 6.67. The van der Waals surface area contributed by atoms with Gasteiger partial charge in [0.2, 0.25) is 5.78 Å². The molecule has 10 heteroatoms. The zero-order valence-corrected chi connectivity index (χ0v) is 22.1. The van der Waals surface area contributed by atoms with Crippen LogP contribution in [0.2, 0.25) is 0 Å². The summed E-state index contributed by atoms with van der Waals surface area (Å²) in [7, 11) is 0. The minimum atomic E-state index is -2.65. The molecule has 39 heavy (non-hydrogen) atoms. The van der Waals surface area contributed by atoms with Crippen molar-refractivity contribution in [3.05, 3.63) is 45.7 Å². The van der Waals surface area contributed by atoms with E-state index in [0.29, 0.717) is 11.1 Å². The molecule has 1 saturated heterocycles. The maximum Gasteiger partial charge on any atom is 0.255 e. The highest BCUT2D eigenvalue weighted by molar-refractivity contribution is 6.23. The Morgan fingerprint density at radius 3 is 2.38 bits per heavy atom. The van der Waals surface area contributed by atoms with Crippen molar-refractivity contribution < 1.29 is 39.6 Å². The van der Waals surface area contributed by atoms with Crippen molar-refractivity contribution >= 4 is 29.0 Å². The number of carbonyl (C=O) groups is 4. The molecular formula is C29H34N2O8. The van der Waals surface area contributed by atoms with E-state index in [1.807, 2.05) is 0 Å². The third-order valence-corrected chi connectivity index (χ3v) is 8.97. The minimum Gasteiger partial charge on any atom is -0.508 e. The quantitative estimate of drug-likeness (QED) is 0.277. The number of primary amides is 1. The summed E-state index contributed by atoms with van der Waals surface area (Å²) in [6.45, 7) is 5.24. The molecule has 1 aromatic rings. The second-order valence-electron chi connectivity index (χ2n) is 11.6. The second-order valence-corrected chi connectivity index (χ2v) is 11.6. The van der Waals surface area contributed by atoms with Crippen molar-refractivity contribution in [1.82, 2.24) is 4.90 Å². The average Bonchev–Trinajstić information content (AvgIpc) is 2.86. The number of nitrogens with two attached hydrogens (primary N) is 1. The summed E-state index contributed by atoms with van der Waals surface area (Å²) in [6, 6.07) is 2.81. The van der Waals surface area contributed by atoms with Crippen LogP contribution in [0.1, 0.15) is 61.0 Å². The van der Waals surface area contributed by atoms with E-state index in [-0.39, 0.29) is 42.1 Å². The van der Waals surface area contributed by atoms with Crippen LogP contribution < -0.4 is 5.73 Å². The first-order valence-electron chi connectivity index (χ1n) is 13.5. The van der Waals surface area contributed by atoms with E-state index < -0.39 is 63.8 Å². The van der Waals surface area contributed by atoms with Gasteiger partial charge in [0.25, 0.3) is 5.91 Å². The number of phenolic OH excluding ortho intramolecular Hbond substituents is 1. The molecule has 6 N–H and O–H groups in total. The first kappa shape index (κ1) is 27.1. The van der Waals surface area contributed by atoms with Crippen LogP contribution in [0.3, 0.4) is 0 Å². The molecule has 10 nitrogen and oxygen atoms in total. The largest absolute Gasteiger partial charge is 0.508 e. The molecule has 5 rings (SSSR count). The number of fused-ring (bicyclic) bond motifs is 3. The lowest BCUT2D eigenvalue weighted by atomic mass is 9.54. The molecule has 0 radical (unpaired) electrons. The second kappa shape index (κ2) is 9.60. The van der Waals surface area contributed by atoms with Crippen LogP contribution in [0.25, 0.3) is 5.76 Å². The molecule has 1 amide bonds. The summed E-state index contributed by atoms with van der Waals surface area (Å²) in [4.78, 5) is 54.7. The van der Waals surface area contributed by atoms with Gasteiger partial charge in [-0.3, -0.25) is 24.1 Å². The Balaban J connectivity index is 1.63. The van der Waals surface area contributed by atoms with Crippen molar-refractivity contribution in [2.45, 2.75) is 51.6 Å². The van der Waals surface area contributed by atoms with Crippen LogP contribution in [0.5, 0.6) is 5.75 Å². The van der Waals surface area contributed by atoms with E-state index in [1.54, 1.807) is 13.8 Å². The predicted octanol–water partition coefficient (Wildman–Crippen LogP) is 1.97. The van der Waals surface area contributed by atoms with Crippen LogP contribution in [0.4, 0.5) is 0 Å². The maximum atomic E-state index is 13.9. The Hall–Kier alpha value is -3.50. The number of benzene rings is 1. The van der Waals surface area contributed by atoms with Crippen LogP contribution >= 0.6 is 0 Å². The van der Waals surface area contributed by atoms with E-state index in [9.17, 15) is 39.6 Å². The fourth-order valence-corrected chi connectivity index (χ4v) is 7.15. The van der Waals surface area contributed by atoms with Crippen LogP contribution in [0, 0.1) is 23.7 Å². The summed E-state index contributed by atoms with van der Waals surface area (Å²) in [6.07, 6.45) is 3.26. The number of aliphatic hydroxyl groups is 3. The molecule has 1 heterocycles. The van der Waals surface area contributed by atoms with Gasteiger partial charge >= 0.3 is 0 Å². The topological polar surface area (TPSA) is 178 Å². The highest BCUT2D eigenvalue weighted by atomic mass is 16.3. The number of rotatable bonds is 5. The number of piperidine rings is 1. The Bertz CT molecular complexity index is 1350. The number of likely N-dealkylation sites (tertiary alicyclic amines) is 1. The number of carbonyl (C=O) groups excluding carboxylic acids is 4. The number of aliphatic hydroxyl groups excluding tert-OH is 2. The molecule has 1 saturated carbocycles. The normalized spacial score (nSPS) is 29.3. The van der Waals surface area contributed by atoms with E-state index in [1.165, 1.54) is 12.1 Å². The fraction of sp³-hybridized carbons (Fsp3) is 0.517. The smallest absolute Gasteiger partial charge is 0.255 e. The van der Waals surface area contributed by atoms with Gasteiger partial charge in [0.1, 0.15) is 22.8 Å². The number of aromatic hydroxyl groups is 1. The Morgan fingerprint density at radius 2 is 1.77 bits per heavy atom. The van der Waals surface area contributed by atoms with E-state index >= 15 is 0 Å². The highest BCUT2D eigenvalue weighted by Gasteiger charge is 2.64. The summed E-state index contributed by atoms with van der Waals surface area (Å²) in [5.74, 6) is -8.43. The monoisotopic (exact) mass is 538 g/mol. The molecule has 1 aromatic carbocycles. The molecule has 0 unspecified atom stereocenters. The number of hydrogen-bond donors (Lipinski definition) is 5. The SMILES string of the molecule is CC(C)[C@@H]1C(=O)C(C(N)=O)=C(O)[C@@]2(O)C(=O)C3=C(O)c4c(O)ccc(C(=O)CN5CCCCC5)c4C[C@H]3C[C@@H]12. The molecule has 208 valence electrons. The van der Waals surface area contributed by atoms with Gasteiger partial charge in [-0.25, -0.2) is 0 Å². The molecule has 4 atom stereocenters. The molecule has 0 spiro atoms. The van der Waals surface area contributed by atoms with Crippen molar-refractivity contribution in [3.8, 4) is 5.75 Å². The number of phenols is 1. The zero-order chi connectivity index (χ0) is 28.4. The van der Waals surface area contributed by atoms with Gasteiger partial charge in [-0.05, 0) is 68.3 Å². The first-order chi connectivity index (χ1) is 18.4. The Morgan fingerprint density at radius 1 is 1.10 bits per heavy atom. The van der Waals surface area contributed by atoms with Gasteiger partial charge in [0, 0.05) is 23.0 Å². The van der Waals surface area contributed by atoms with Gasteiger partial charge in [0.05, 0.1) is 12.1 Å². The lowest BCUT2D eigenvalue weighted by Gasteiger charge is -2.50. The number of Topliss-reactive ketones (excluding diaryl/α,β-unsaturated/α-hetero) is 3. The summed E-state index contributed by atoms with van der Waals surface area (Å²) in [5, 5.41) is 44.6. The van der Waals surface area contributed by atoms with Crippen LogP contribution in [0.15, 0.2) is 29.0 Å². The highest BCUT2D eigenvalue weighted by Crippen LogP contribution is 2.54. The van der Waals surface area contributed by atoms with Gasteiger partial charge < -0.3 is 26.2 Å². The lowest BCUT2D eigenvalue weighted by molar-refractivity contribution is -0.155. The lowest BCUT2D eigenvalue weighted by Crippen LogP contribution is -2.62. The number of nitrogens with zero attached hydrogens (tertiary/aromatic N) is 1. The van der Waals surface area contributed by atoms with Gasteiger partial charge in [-0.2, -0.15) is 0 Å². The number of ketones is 3. The molecule has 3 aliphatic carbocycles. The summed E-state index contributed by atoms with van der Waals surface area (Å²) >= 11 is 0. The molecule has 4 aliphatic rings. The fourth-order valence-electron chi connectivity index (χ4n) is 7.15. The maximum absolute atomic E-state index is 13.9. The van der Waals surface area contributed by atoms with E-state index in [0.717, 1.165) is 32.4 Å². The zero-order valence-electron chi connectivity index (χ0n) is 22.1. The standard InChI is InChI=1S/C29H34N2O8/c1-13(2)20-17-11-14-10-16-15(19(33)12-31-8-4-3-5-9-31)6-7-18(32)22(16)25(35)21(14)26(36)29(17,39)27(37)23(24(20)34)28(30)38/h6-7,13-14,17,20,32,35,37,39H,3-5,8-12H2,1-2H3,(H2,30,38)/t14-,17-,20-,29-/m0/s1. The minimum absolute atomic E-state index is 0.0151. The third-order valence-electron chi connectivity index (χ3n) is 8.97. The van der Waals surface area contributed by atoms with E-state index in [4.69, 9.17) is 5.73 Å².